The summed E-state index contributed by atoms with van der Waals surface area (Å²) in [7, 11) is 0. The molecule has 0 spiro atoms. The van der Waals surface area contributed by atoms with E-state index < -0.39 is 0 Å². The third-order valence-electron chi connectivity index (χ3n) is 7.73. The lowest BCUT2D eigenvalue weighted by molar-refractivity contribution is 0.0643. The van der Waals surface area contributed by atoms with Crippen LogP contribution in [-0.4, -0.2) is 45.9 Å². The van der Waals surface area contributed by atoms with Crippen LogP contribution in [-0.2, 0) is 6.54 Å². The number of rotatable bonds is 7. The summed E-state index contributed by atoms with van der Waals surface area (Å²) < 4.78 is 0. The molecule has 4 aromatic rings. The topological polar surface area (TPSA) is 36.4 Å². The van der Waals surface area contributed by atoms with Gasteiger partial charge in [0, 0.05) is 54.4 Å². The Morgan fingerprint density at radius 2 is 1.44 bits per heavy atom. The molecule has 1 fully saturated rings. The van der Waals surface area contributed by atoms with Crippen LogP contribution in [0.3, 0.4) is 0 Å². The van der Waals surface area contributed by atoms with Crippen LogP contribution in [0.5, 0.6) is 0 Å². The second-order valence-corrected chi connectivity index (χ2v) is 11.1. The van der Waals surface area contributed by atoms with Crippen LogP contribution in [0, 0.1) is 0 Å². The molecule has 0 N–H and O–H groups in total. The number of pyridine rings is 1. The van der Waals surface area contributed by atoms with Gasteiger partial charge in [0.2, 0.25) is 0 Å². The second kappa shape index (κ2) is 12.0. The molecule has 1 amide bonds. The molecule has 0 unspecified atom stereocenters. The number of para-hydroxylation sites is 1. The fraction of sp³-hybridized carbons (Fsp3) is 0.314. The lowest BCUT2D eigenvalue weighted by atomic mass is 9.87. The maximum absolute atomic E-state index is 13.3. The number of nitrogens with zero attached hydrogens (tertiary/aromatic N) is 3. The van der Waals surface area contributed by atoms with Gasteiger partial charge in [-0.15, -0.1) is 0 Å². The molecule has 1 aliphatic rings. The van der Waals surface area contributed by atoms with Crippen molar-refractivity contribution in [2.75, 3.05) is 13.1 Å². The van der Waals surface area contributed by atoms with Crippen molar-refractivity contribution < 1.29 is 4.79 Å². The Labute approximate surface area is 233 Å². The first kappa shape index (κ1) is 26.8. The van der Waals surface area contributed by atoms with Crippen LogP contribution < -0.4 is 0 Å². The summed E-state index contributed by atoms with van der Waals surface area (Å²) in [6.45, 7) is 11.3. The third-order valence-corrected chi connectivity index (χ3v) is 7.73. The highest BCUT2D eigenvalue weighted by Gasteiger charge is 2.23. The van der Waals surface area contributed by atoms with Crippen LogP contribution >= 0.6 is 0 Å². The van der Waals surface area contributed by atoms with Gasteiger partial charge < -0.3 is 4.90 Å². The number of benzene rings is 3. The Bertz CT molecular complexity index is 1430. The summed E-state index contributed by atoms with van der Waals surface area (Å²) in [6, 6.07) is 29.9. The van der Waals surface area contributed by atoms with Crippen molar-refractivity contribution in [1.29, 1.82) is 0 Å². The first-order valence-corrected chi connectivity index (χ1v) is 14.2. The van der Waals surface area contributed by atoms with E-state index in [-0.39, 0.29) is 18.0 Å². The van der Waals surface area contributed by atoms with Gasteiger partial charge in [0.05, 0.1) is 5.52 Å². The Balaban J connectivity index is 1.50. The normalized spacial score (nSPS) is 14.3. The first-order chi connectivity index (χ1) is 18.9. The molecule has 4 nitrogen and oxygen atoms in total. The van der Waals surface area contributed by atoms with Gasteiger partial charge in [-0.25, -0.2) is 0 Å². The molecule has 2 heterocycles. The predicted octanol–water partition coefficient (Wildman–Crippen LogP) is 7.59. The van der Waals surface area contributed by atoms with Crippen molar-refractivity contribution in [2.45, 2.75) is 59.2 Å². The number of carbonyl (C=O) groups is 1. The Morgan fingerprint density at radius 1 is 0.795 bits per heavy atom. The Kier molecular flexibility index (Phi) is 8.23. The van der Waals surface area contributed by atoms with Crippen molar-refractivity contribution in [1.82, 2.24) is 14.8 Å². The minimum absolute atomic E-state index is 0.0850. The highest BCUT2D eigenvalue weighted by molar-refractivity contribution is 5.98. The zero-order chi connectivity index (χ0) is 27.4. The van der Waals surface area contributed by atoms with E-state index in [4.69, 9.17) is 4.98 Å². The van der Waals surface area contributed by atoms with E-state index in [9.17, 15) is 4.79 Å². The largest absolute Gasteiger partial charge is 0.334 e. The lowest BCUT2D eigenvalue weighted by Gasteiger charge is -2.31. The van der Waals surface area contributed by atoms with E-state index >= 15 is 0 Å². The second-order valence-electron chi connectivity index (χ2n) is 11.1. The average molecular weight is 518 g/mol. The van der Waals surface area contributed by atoms with Crippen molar-refractivity contribution in [2.24, 2.45) is 0 Å². The minimum Gasteiger partial charge on any atom is -0.334 e. The van der Waals surface area contributed by atoms with E-state index in [2.05, 4.69) is 99.3 Å². The molecule has 0 bridgehead atoms. The standard InChI is InChI=1S/C35H39N3O/c1-25(2)38(26(3)4)35(39)31-17-15-28(16-18-31)33(32-14-8-12-30-13-9-21-36-34(30)32)29-19-22-37(23-20-29)24-27-10-6-5-7-11-27/h5-18,21,25-26H,19-20,22-24H2,1-4H3. The molecule has 4 heteroatoms. The molecule has 1 saturated heterocycles. The maximum atomic E-state index is 13.3. The molecule has 0 atom stereocenters. The summed E-state index contributed by atoms with van der Waals surface area (Å²) in [6.07, 6.45) is 3.91. The Hall–Kier alpha value is -3.76. The summed E-state index contributed by atoms with van der Waals surface area (Å²) in [5.41, 5.74) is 8.17. The fourth-order valence-electron chi connectivity index (χ4n) is 5.92. The minimum atomic E-state index is 0.0850. The summed E-state index contributed by atoms with van der Waals surface area (Å²) >= 11 is 0. The van der Waals surface area contributed by atoms with E-state index in [1.807, 2.05) is 29.3 Å². The quantitative estimate of drug-likeness (QED) is 0.253. The number of fused-ring (bicyclic) bond motifs is 1. The number of likely N-dealkylation sites (tertiary alicyclic amines) is 1. The molecule has 39 heavy (non-hydrogen) atoms. The van der Waals surface area contributed by atoms with E-state index in [0.29, 0.717) is 0 Å². The fourth-order valence-corrected chi connectivity index (χ4v) is 5.92. The number of hydrogen-bond acceptors (Lipinski definition) is 3. The molecule has 1 aromatic heterocycles. The van der Waals surface area contributed by atoms with Crippen LogP contribution in [0.1, 0.15) is 67.6 Å². The first-order valence-electron chi connectivity index (χ1n) is 14.2. The van der Waals surface area contributed by atoms with Crippen LogP contribution in [0.4, 0.5) is 0 Å². The van der Waals surface area contributed by atoms with Gasteiger partial charge in [-0.1, -0.05) is 72.3 Å². The number of amides is 1. The van der Waals surface area contributed by atoms with Crippen LogP contribution in [0.2, 0.25) is 0 Å². The van der Waals surface area contributed by atoms with Gasteiger partial charge in [-0.05, 0) is 75.4 Å². The number of carbonyl (C=O) groups excluding carboxylic acids is 1. The highest BCUT2D eigenvalue weighted by Crippen LogP contribution is 2.36. The van der Waals surface area contributed by atoms with Crippen molar-refractivity contribution in [3.63, 3.8) is 0 Å². The molecule has 3 aromatic carbocycles. The predicted molar refractivity (Wildman–Crippen MR) is 162 cm³/mol. The Morgan fingerprint density at radius 3 is 2.10 bits per heavy atom. The van der Waals surface area contributed by atoms with Gasteiger partial charge >= 0.3 is 0 Å². The van der Waals surface area contributed by atoms with Gasteiger partial charge in [-0.3, -0.25) is 14.7 Å². The summed E-state index contributed by atoms with van der Waals surface area (Å²) in [5.74, 6) is 0.0850. The summed E-state index contributed by atoms with van der Waals surface area (Å²) in [5, 5.41) is 1.14. The smallest absolute Gasteiger partial charge is 0.254 e. The van der Waals surface area contributed by atoms with Gasteiger partial charge in [-0.2, -0.15) is 0 Å². The van der Waals surface area contributed by atoms with Crippen LogP contribution in [0.25, 0.3) is 16.5 Å². The summed E-state index contributed by atoms with van der Waals surface area (Å²) in [4.78, 5) is 22.6. The van der Waals surface area contributed by atoms with E-state index in [0.717, 1.165) is 54.5 Å². The molecule has 0 radical (unpaired) electrons. The van der Waals surface area contributed by atoms with Crippen molar-refractivity contribution in [3.8, 4) is 0 Å². The third kappa shape index (κ3) is 5.97. The molecule has 5 rings (SSSR count). The van der Waals surface area contributed by atoms with Gasteiger partial charge in [0.15, 0.2) is 0 Å². The zero-order valence-corrected chi connectivity index (χ0v) is 23.6. The van der Waals surface area contributed by atoms with Crippen molar-refractivity contribution >= 4 is 22.4 Å². The number of piperidine rings is 1. The lowest BCUT2D eigenvalue weighted by Crippen LogP contribution is -2.42. The molecule has 0 saturated carbocycles. The van der Waals surface area contributed by atoms with Crippen LogP contribution in [0.15, 0.2) is 96.7 Å². The van der Waals surface area contributed by atoms with E-state index in [1.165, 1.54) is 22.3 Å². The molecular formula is C35H39N3O. The highest BCUT2D eigenvalue weighted by atomic mass is 16.2. The monoisotopic (exact) mass is 517 g/mol. The molecular weight excluding hydrogens is 478 g/mol. The van der Waals surface area contributed by atoms with Gasteiger partial charge in [0.25, 0.3) is 5.91 Å². The van der Waals surface area contributed by atoms with Gasteiger partial charge in [0.1, 0.15) is 0 Å². The number of aromatic nitrogens is 1. The zero-order valence-electron chi connectivity index (χ0n) is 23.6. The molecule has 200 valence electrons. The molecule has 0 aliphatic carbocycles. The van der Waals surface area contributed by atoms with E-state index in [1.54, 1.807) is 0 Å². The number of hydrogen-bond donors (Lipinski definition) is 0. The van der Waals surface area contributed by atoms with Crippen molar-refractivity contribution in [3.05, 3.63) is 119 Å². The average Bonchev–Trinajstić information content (AvgIpc) is 2.95. The maximum Gasteiger partial charge on any atom is 0.254 e. The molecule has 1 aliphatic heterocycles. The SMILES string of the molecule is CC(C)N(C(=O)c1ccc(C(=C2CCN(Cc3ccccc3)CC2)c2cccc3cccnc23)cc1)C(C)C.